The van der Waals surface area contributed by atoms with Crippen molar-refractivity contribution in [1.29, 1.82) is 0 Å². The highest BCUT2D eigenvalue weighted by molar-refractivity contribution is 5.58. The largest absolute Gasteiger partial charge is 0.496 e. The lowest BCUT2D eigenvalue weighted by Gasteiger charge is -2.05. The summed E-state index contributed by atoms with van der Waals surface area (Å²) in [4.78, 5) is 0. The van der Waals surface area contributed by atoms with Crippen molar-refractivity contribution in [1.82, 2.24) is 0 Å². The smallest absolute Gasteiger partial charge is 0.126 e. The van der Waals surface area contributed by atoms with Gasteiger partial charge in [0.1, 0.15) is 5.75 Å². The van der Waals surface area contributed by atoms with Gasteiger partial charge in [-0.3, -0.25) is 0 Å². The topological polar surface area (TPSA) is 29.5 Å². The van der Waals surface area contributed by atoms with E-state index in [4.69, 9.17) is 9.84 Å². The minimum absolute atomic E-state index is 0.245. The second-order valence-electron chi connectivity index (χ2n) is 3.51. The molecular formula is C13H18O2. The first-order valence-electron chi connectivity index (χ1n) is 5.20. The van der Waals surface area contributed by atoms with Crippen LogP contribution in [0.4, 0.5) is 0 Å². The molecule has 0 radical (unpaired) electrons. The Morgan fingerprint density at radius 3 is 2.87 bits per heavy atom. The molecule has 1 N–H and O–H groups in total. The lowest BCUT2D eigenvalue weighted by Crippen LogP contribution is -1.87. The van der Waals surface area contributed by atoms with E-state index < -0.39 is 0 Å². The minimum Gasteiger partial charge on any atom is -0.496 e. The van der Waals surface area contributed by atoms with Gasteiger partial charge in [0, 0.05) is 12.2 Å². The van der Waals surface area contributed by atoms with Crippen LogP contribution in [0, 0.1) is 6.92 Å². The fourth-order valence-corrected chi connectivity index (χ4v) is 1.40. The van der Waals surface area contributed by atoms with Crippen LogP contribution >= 0.6 is 0 Å². The summed E-state index contributed by atoms with van der Waals surface area (Å²) in [6.07, 6.45) is 5.81. The van der Waals surface area contributed by atoms with E-state index in [-0.39, 0.29) is 6.61 Å². The number of aryl methyl sites for hydroxylation is 1. The third-order valence-electron chi connectivity index (χ3n) is 2.21. The number of rotatable bonds is 5. The summed E-state index contributed by atoms with van der Waals surface area (Å²) in [5.74, 6) is 0.890. The summed E-state index contributed by atoms with van der Waals surface area (Å²) in [6, 6.07) is 6.10. The van der Waals surface area contributed by atoms with Crippen LogP contribution in [0.5, 0.6) is 5.75 Å². The van der Waals surface area contributed by atoms with Crippen LogP contribution < -0.4 is 4.74 Å². The summed E-state index contributed by atoms with van der Waals surface area (Å²) >= 11 is 0. The SMILES string of the molecule is COc1ccc(C)cc1/C=C/CCCO. The zero-order valence-corrected chi connectivity index (χ0v) is 9.36. The van der Waals surface area contributed by atoms with E-state index in [1.807, 2.05) is 18.2 Å². The Hall–Kier alpha value is -1.28. The van der Waals surface area contributed by atoms with Gasteiger partial charge in [-0.15, -0.1) is 0 Å². The molecule has 1 rings (SSSR count). The number of methoxy groups -OCH3 is 1. The third-order valence-corrected chi connectivity index (χ3v) is 2.21. The number of allylic oxidation sites excluding steroid dienone is 1. The quantitative estimate of drug-likeness (QED) is 0.751. The van der Waals surface area contributed by atoms with Gasteiger partial charge in [-0.1, -0.05) is 23.8 Å². The molecule has 0 aliphatic heterocycles. The average molecular weight is 206 g/mol. The molecular weight excluding hydrogens is 188 g/mol. The van der Waals surface area contributed by atoms with Crippen molar-refractivity contribution in [2.24, 2.45) is 0 Å². The Kier molecular flexibility index (Phi) is 4.91. The maximum Gasteiger partial charge on any atom is 0.126 e. The van der Waals surface area contributed by atoms with Gasteiger partial charge >= 0.3 is 0 Å². The zero-order valence-electron chi connectivity index (χ0n) is 9.36. The maximum absolute atomic E-state index is 8.65. The summed E-state index contributed by atoms with van der Waals surface area (Å²) in [6.45, 7) is 2.31. The fraction of sp³-hybridized carbons (Fsp3) is 0.385. The van der Waals surface area contributed by atoms with Crippen LogP contribution in [0.2, 0.25) is 0 Å². The highest BCUT2D eigenvalue weighted by Crippen LogP contribution is 2.21. The van der Waals surface area contributed by atoms with Gasteiger partial charge < -0.3 is 9.84 Å². The number of unbranched alkanes of at least 4 members (excludes halogenated alkanes) is 1. The molecule has 1 aromatic carbocycles. The van der Waals surface area contributed by atoms with Crippen molar-refractivity contribution >= 4 is 6.08 Å². The van der Waals surface area contributed by atoms with E-state index in [0.717, 1.165) is 24.2 Å². The zero-order chi connectivity index (χ0) is 11.1. The average Bonchev–Trinajstić information content (AvgIpc) is 2.25. The molecule has 0 aliphatic carbocycles. The van der Waals surface area contributed by atoms with E-state index in [1.54, 1.807) is 7.11 Å². The maximum atomic E-state index is 8.65. The molecule has 1 aromatic rings. The molecule has 0 amide bonds. The lowest BCUT2D eigenvalue weighted by molar-refractivity contribution is 0.290. The van der Waals surface area contributed by atoms with E-state index in [0.29, 0.717) is 0 Å². The molecule has 15 heavy (non-hydrogen) atoms. The van der Waals surface area contributed by atoms with E-state index in [9.17, 15) is 0 Å². The number of aliphatic hydroxyl groups is 1. The normalized spacial score (nSPS) is 10.9. The van der Waals surface area contributed by atoms with Crippen molar-refractivity contribution in [2.45, 2.75) is 19.8 Å². The van der Waals surface area contributed by atoms with Gasteiger partial charge in [-0.2, -0.15) is 0 Å². The Morgan fingerprint density at radius 1 is 1.40 bits per heavy atom. The van der Waals surface area contributed by atoms with E-state index in [2.05, 4.69) is 19.1 Å². The van der Waals surface area contributed by atoms with Crippen LogP contribution in [0.1, 0.15) is 24.0 Å². The van der Waals surface area contributed by atoms with Gasteiger partial charge in [-0.05, 0) is 31.9 Å². The molecule has 0 heterocycles. The summed E-state index contributed by atoms with van der Waals surface area (Å²) < 4.78 is 5.26. The molecule has 0 aliphatic rings. The molecule has 0 atom stereocenters. The first kappa shape index (κ1) is 11.8. The van der Waals surface area contributed by atoms with E-state index >= 15 is 0 Å². The van der Waals surface area contributed by atoms with Crippen molar-refractivity contribution in [2.75, 3.05) is 13.7 Å². The first-order chi connectivity index (χ1) is 7.27. The summed E-state index contributed by atoms with van der Waals surface area (Å²) in [5.41, 5.74) is 2.31. The predicted molar refractivity (Wildman–Crippen MR) is 63.1 cm³/mol. The van der Waals surface area contributed by atoms with Crippen LogP contribution in [0.15, 0.2) is 24.3 Å². The fourth-order valence-electron chi connectivity index (χ4n) is 1.40. The molecule has 0 bridgehead atoms. The second-order valence-corrected chi connectivity index (χ2v) is 3.51. The molecule has 0 unspecified atom stereocenters. The van der Waals surface area contributed by atoms with Crippen LogP contribution in [-0.4, -0.2) is 18.8 Å². The van der Waals surface area contributed by atoms with Crippen molar-refractivity contribution < 1.29 is 9.84 Å². The number of benzene rings is 1. The molecule has 82 valence electrons. The molecule has 2 nitrogen and oxygen atoms in total. The summed E-state index contributed by atoms with van der Waals surface area (Å²) in [5, 5.41) is 8.65. The van der Waals surface area contributed by atoms with Crippen LogP contribution in [0.3, 0.4) is 0 Å². The Morgan fingerprint density at radius 2 is 2.20 bits per heavy atom. The van der Waals surface area contributed by atoms with Crippen LogP contribution in [0.25, 0.3) is 6.08 Å². The van der Waals surface area contributed by atoms with Gasteiger partial charge in [0.15, 0.2) is 0 Å². The Bertz CT molecular complexity index is 329. The van der Waals surface area contributed by atoms with Crippen molar-refractivity contribution in [3.8, 4) is 5.75 Å². The lowest BCUT2D eigenvalue weighted by atomic mass is 10.1. The predicted octanol–water partition coefficient (Wildman–Crippen LogP) is 2.79. The third kappa shape index (κ3) is 3.76. The van der Waals surface area contributed by atoms with Gasteiger partial charge in [-0.25, -0.2) is 0 Å². The molecule has 0 saturated heterocycles. The second kappa shape index (κ2) is 6.25. The molecule has 0 aromatic heterocycles. The van der Waals surface area contributed by atoms with Gasteiger partial charge in [0.25, 0.3) is 0 Å². The number of hydrogen-bond acceptors (Lipinski definition) is 2. The summed E-state index contributed by atoms with van der Waals surface area (Å²) in [7, 11) is 1.68. The molecule has 0 spiro atoms. The van der Waals surface area contributed by atoms with Gasteiger partial charge in [0.2, 0.25) is 0 Å². The minimum atomic E-state index is 0.245. The van der Waals surface area contributed by atoms with E-state index in [1.165, 1.54) is 5.56 Å². The number of aliphatic hydroxyl groups excluding tert-OH is 1. The number of hydrogen-bond donors (Lipinski definition) is 1. The first-order valence-corrected chi connectivity index (χ1v) is 5.20. The number of ether oxygens (including phenoxy) is 1. The van der Waals surface area contributed by atoms with Crippen LogP contribution in [-0.2, 0) is 0 Å². The standard InChI is InChI=1S/C13H18O2/c1-11-7-8-13(15-2)12(10-11)6-4-3-5-9-14/h4,6-8,10,14H,3,5,9H2,1-2H3/b6-4+. The van der Waals surface area contributed by atoms with Gasteiger partial charge in [0.05, 0.1) is 7.11 Å². The highest BCUT2D eigenvalue weighted by Gasteiger charge is 1.98. The van der Waals surface area contributed by atoms with Crippen molar-refractivity contribution in [3.63, 3.8) is 0 Å². The Labute approximate surface area is 91.2 Å². The molecule has 2 heteroatoms. The molecule has 0 saturated carbocycles. The monoisotopic (exact) mass is 206 g/mol. The highest BCUT2D eigenvalue weighted by atomic mass is 16.5. The Balaban J connectivity index is 2.73. The van der Waals surface area contributed by atoms with Crippen molar-refractivity contribution in [3.05, 3.63) is 35.4 Å². The molecule has 0 fully saturated rings.